The van der Waals surface area contributed by atoms with E-state index >= 15 is 0 Å². The molecule has 0 bridgehead atoms. The number of hydrogen-bond donors (Lipinski definition) is 4. The number of likely N-dealkylation sites (N-methyl/N-ethyl adjacent to an activating group) is 1. The summed E-state index contributed by atoms with van der Waals surface area (Å²) in [5.41, 5.74) is 3.83. The van der Waals surface area contributed by atoms with E-state index in [9.17, 15) is 24.0 Å². The molecule has 11 nitrogen and oxygen atoms in total. The number of carboxylic acid groups (broad SMARTS) is 1. The van der Waals surface area contributed by atoms with E-state index < -0.39 is 17.9 Å². The first kappa shape index (κ1) is 28.8. The van der Waals surface area contributed by atoms with Crippen LogP contribution in [0.3, 0.4) is 0 Å². The Kier molecular flexibility index (Phi) is 8.66. The van der Waals surface area contributed by atoms with E-state index in [2.05, 4.69) is 16.0 Å². The molecule has 0 saturated heterocycles. The standard InChI is InChI=1S/C30H31N5O6/c1-18-6-4-5-7-24(18)33-30(41)32-21-10-8-20(9-11-21)16-26(36)31-22-12-13-25-23(17-22)29(40)35(15-14-27(37)38)19(2)28(39)34(25)3/h4-13,17,19H,14-16H2,1-3H3,(H,31,36)(H,37,38)(H2,32,33,41). The maximum Gasteiger partial charge on any atom is 0.323 e. The fraction of sp³-hybridized carbons (Fsp3) is 0.233. The molecule has 0 fully saturated rings. The van der Waals surface area contributed by atoms with Crippen LogP contribution >= 0.6 is 0 Å². The van der Waals surface area contributed by atoms with E-state index in [0.717, 1.165) is 5.56 Å². The number of para-hydroxylation sites is 1. The minimum Gasteiger partial charge on any atom is -0.481 e. The summed E-state index contributed by atoms with van der Waals surface area (Å²) < 4.78 is 0. The summed E-state index contributed by atoms with van der Waals surface area (Å²) in [4.78, 5) is 65.0. The number of anilines is 4. The van der Waals surface area contributed by atoms with Gasteiger partial charge in [0, 0.05) is 30.7 Å². The highest BCUT2D eigenvalue weighted by Gasteiger charge is 2.35. The van der Waals surface area contributed by atoms with Gasteiger partial charge in [-0.2, -0.15) is 0 Å². The third-order valence-electron chi connectivity index (χ3n) is 6.82. The molecule has 11 heteroatoms. The Bertz CT molecular complexity index is 1500. The van der Waals surface area contributed by atoms with Gasteiger partial charge in [0.15, 0.2) is 0 Å². The lowest BCUT2D eigenvalue weighted by Crippen LogP contribution is -2.46. The molecule has 0 spiro atoms. The van der Waals surface area contributed by atoms with Crippen molar-refractivity contribution in [1.29, 1.82) is 0 Å². The number of carbonyl (C=O) groups is 5. The van der Waals surface area contributed by atoms with Crippen LogP contribution in [0.4, 0.5) is 27.5 Å². The first-order valence-electron chi connectivity index (χ1n) is 13.0. The Labute approximate surface area is 237 Å². The van der Waals surface area contributed by atoms with Crippen LogP contribution in [0.2, 0.25) is 0 Å². The lowest BCUT2D eigenvalue weighted by molar-refractivity contribution is -0.137. The normalized spacial score (nSPS) is 14.7. The molecule has 4 N–H and O–H groups in total. The van der Waals surface area contributed by atoms with Crippen molar-refractivity contribution in [3.05, 3.63) is 83.4 Å². The van der Waals surface area contributed by atoms with Crippen molar-refractivity contribution in [3.63, 3.8) is 0 Å². The van der Waals surface area contributed by atoms with Crippen LogP contribution in [0.15, 0.2) is 66.7 Å². The molecule has 3 aromatic carbocycles. The lowest BCUT2D eigenvalue weighted by Gasteiger charge is -2.26. The summed E-state index contributed by atoms with van der Waals surface area (Å²) in [7, 11) is 1.55. The van der Waals surface area contributed by atoms with Crippen LogP contribution in [-0.4, -0.2) is 59.4 Å². The molecule has 5 amide bonds. The highest BCUT2D eigenvalue weighted by Crippen LogP contribution is 2.30. The van der Waals surface area contributed by atoms with Gasteiger partial charge in [-0.05, 0) is 61.4 Å². The predicted octanol–water partition coefficient (Wildman–Crippen LogP) is 4.10. The van der Waals surface area contributed by atoms with Crippen molar-refractivity contribution in [2.24, 2.45) is 0 Å². The highest BCUT2D eigenvalue weighted by atomic mass is 16.4. The van der Waals surface area contributed by atoms with Crippen molar-refractivity contribution in [1.82, 2.24) is 4.90 Å². The molecular formula is C30H31N5O6. The van der Waals surface area contributed by atoms with Crippen molar-refractivity contribution in [3.8, 4) is 0 Å². The molecule has 41 heavy (non-hydrogen) atoms. The van der Waals surface area contributed by atoms with Crippen molar-refractivity contribution in [2.45, 2.75) is 32.7 Å². The number of aliphatic carboxylic acids is 1. The number of nitrogens with zero attached hydrogens (tertiary/aromatic N) is 2. The first-order chi connectivity index (χ1) is 19.5. The summed E-state index contributed by atoms with van der Waals surface area (Å²) in [6.07, 6.45) is -0.259. The van der Waals surface area contributed by atoms with E-state index in [-0.39, 0.29) is 42.8 Å². The molecule has 212 valence electrons. The fourth-order valence-corrected chi connectivity index (χ4v) is 4.55. The van der Waals surface area contributed by atoms with Gasteiger partial charge in [-0.15, -0.1) is 0 Å². The average molecular weight is 558 g/mol. The summed E-state index contributed by atoms with van der Waals surface area (Å²) in [6.45, 7) is 3.34. The summed E-state index contributed by atoms with van der Waals surface area (Å²) in [6, 6.07) is 17.7. The maximum absolute atomic E-state index is 13.3. The van der Waals surface area contributed by atoms with Gasteiger partial charge >= 0.3 is 12.0 Å². The van der Waals surface area contributed by atoms with Crippen molar-refractivity contribution in [2.75, 3.05) is 34.4 Å². The average Bonchev–Trinajstić information content (AvgIpc) is 2.99. The number of carbonyl (C=O) groups excluding carboxylic acids is 4. The summed E-state index contributed by atoms with van der Waals surface area (Å²) in [5.74, 6) is -2.24. The Balaban J connectivity index is 1.40. The molecule has 1 atom stereocenters. The molecule has 1 unspecified atom stereocenters. The number of benzene rings is 3. The lowest BCUT2D eigenvalue weighted by atomic mass is 10.1. The molecule has 0 aliphatic carbocycles. The molecule has 0 aromatic heterocycles. The second kappa shape index (κ2) is 12.3. The Morgan fingerprint density at radius 1 is 0.902 bits per heavy atom. The quantitative estimate of drug-likeness (QED) is 0.328. The van der Waals surface area contributed by atoms with Crippen LogP contribution in [0.25, 0.3) is 0 Å². The molecule has 1 heterocycles. The topological polar surface area (TPSA) is 148 Å². The molecular weight excluding hydrogens is 526 g/mol. The van der Waals surface area contributed by atoms with E-state index in [0.29, 0.717) is 28.3 Å². The first-order valence-corrected chi connectivity index (χ1v) is 13.0. The van der Waals surface area contributed by atoms with Crippen LogP contribution in [0, 0.1) is 6.92 Å². The summed E-state index contributed by atoms with van der Waals surface area (Å²) in [5, 5.41) is 17.4. The van der Waals surface area contributed by atoms with Crippen LogP contribution in [0.1, 0.15) is 34.8 Å². The smallest absolute Gasteiger partial charge is 0.323 e. The minimum absolute atomic E-state index is 0.0425. The SMILES string of the molecule is Cc1ccccc1NC(=O)Nc1ccc(CC(=O)Nc2ccc3c(c2)C(=O)N(CCC(=O)O)C(C)C(=O)N3C)cc1. The summed E-state index contributed by atoms with van der Waals surface area (Å²) >= 11 is 0. The number of urea groups is 1. The molecule has 3 aromatic rings. The van der Waals surface area contributed by atoms with E-state index in [1.54, 1.807) is 50.4 Å². The van der Waals surface area contributed by atoms with Gasteiger partial charge in [0.2, 0.25) is 11.8 Å². The number of rotatable bonds is 8. The van der Waals surface area contributed by atoms with Gasteiger partial charge in [-0.25, -0.2) is 4.79 Å². The van der Waals surface area contributed by atoms with Gasteiger partial charge < -0.3 is 30.9 Å². The largest absolute Gasteiger partial charge is 0.481 e. The zero-order valence-electron chi connectivity index (χ0n) is 22.9. The number of aryl methyl sites for hydroxylation is 1. The van der Waals surface area contributed by atoms with Gasteiger partial charge in [0.25, 0.3) is 5.91 Å². The molecule has 1 aliphatic rings. The zero-order valence-corrected chi connectivity index (χ0v) is 22.9. The van der Waals surface area contributed by atoms with Crippen LogP contribution in [0.5, 0.6) is 0 Å². The number of hydrogen-bond acceptors (Lipinski definition) is 5. The second-order valence-electron chi connectivity index (χ2n) is 9.76. The molecule has 0 saturated carbocycles. The molecule has 1 aliphatic heterocycles. The Morgan fingerprint density at radius 2 is 1.59 bits per heavy atom. The van der Waals surface area contributed by atoms with Gasteiger partial charge in [-0.1, -0.05) is 30.3 Å². The minimum atomic E-state index is -1.08. The fourth-order valence-electron chi connectivity index (χ4n) is 4.55. The van der Waals surface area contributed by atoms with E-state index in [1.165, 1.54) is 15.9 Å². The molecule has 4 rings (SSSR count). The maximum atomic E-state index is 13.3. The van der Waals surface area contributed by atoms with Gasteiger partial charge in [0.05, 0.1) is 24.1 Å². The van der Waals surface area contributed by atoms with Crippen LogP contribution in [-0.2, 0) is 20.8 Å². The number of carboxylic acids is 1. The van der Waals surface area contributed by atoms with Gasteiger partial charge in [0.1, 0.15) is 6.04 Å². The Hall–Kier alpha value is -5.19. The van der Waals surface area contributed by atoms with E-state index in [1.807, 2.05) is 31.2 Å². The van der Waals surface area contributed by atoms with Gasteiger partial charge in [-0.3, -0.25) is 19.2 Å². The molecule has 0 radical (unpaired) electrons. The van der Waals surface area contributed by atoms with E-state index in [4.69, 9.17) is 5.11 Å². The zero-order chi connectivity index (χ0) is 29.7. The monoisotopic (exact) mass is 557 g/mol. The van der Waals surface area contributed by atoms with Crippen molar-refractivity contribution < 1.29 is 29.1 Å². The van der Waals surface area contributed by atoms with Crippen LogP contribution < -0.4 is 20.9 Å². The highest BCUT2D eigenvalue weighted by molar-refractivity contribution is 6.11. The number of nitrogens with one attached hydrogen (secondary N) is 3. The Morgan fingerprint density at radius 3 is 2.27 bits per heavy atom. The number of fused-ring (bicyclic) bond motifs is 1. The second-order valence-corrected chi connectivity index (χ2v) is 9.76. The number of amides is 5. The third-order valence-corrected chi connectivity index (χ3v) is 6.82. The van der Waals surface area contributed by atoms with Crippen molar-refractivity contribution >= 4 is 52.5 Å². The predicted molar refractivity (Wildman–Crippen MR) is 155 cm³/mol. The third kappa shape index (κ3) is 6.88.